The predicted molar refractivity (Wildman–Crippen MR) is 112 cm³/mol. The Morgan fingerprint density at radius 3 is 2.55 bits per heavy atom. The molecule has 0 spiro atoms. The number of aliphatic hydroxyl groups excluding tert-OH is 1. The molecule has 4 aliphatic rings. The summed E-state index contributed by atoms with van der Waals surface area (Å²) in [5.41, 5.74) is 0.150. The Balaban J connectivity index is 1.60. The number of carboxylic acid groups (broad SMARTS) is 1. The molecule has 5 heteroatoms. The van der Waals surface area contributed by atoms with E-state index in [9.17, 15) is 14.8 Å². The number of aliphatic carboxylic acids is 1. The molecule has 0 aromatic rings. The van der Waals surface area contributed by atoms with Gasteiger partial charge in [-0.15, -0.1) is 0 Å². The first-order chi connectivity index (χ1) is 13.7. The maximum Gasteiger partial charge on any atom is 0.303 e. The number of fused-ring (bicyclic) bond motifs is 5. The van der Waals surface area contributed by atoms with Gasteiger partial charge in [-0.1, -0.05) is 25.9 Å². The van der Waals surface area contributed by atoms with Crippen LogP contribution in [0, 0.1) is 51.2 Å². The molecule has 29 heavy (non-hydrogen) atoms. The molecule has 4 saturated carbocycles. The molecular formula is C24H39NO4. The van der Waals surface area contributed by atoms with Crippen LogP contribution in [0.25, 0.3) is 0 Å². The number of rotatable bonds is 5. The quantitative estimate of drug-likeness (QED) is 0.611. The van der Waals surface area contributed by atoms with Gasteiger partial charge in [0.2, 0.25) is 0 Å². The summed E-state index contributed by atoms with van der Waals surface area (Å²) in [6.45, 7) is 6.94. The van der Waals surface area contributed by atoms with Gasteiger partial charge in [-0.3, -0.25) is 4.79 Å². The Labute approximate surface area is 175 Å². The number of carbonyl (C=O) groups is 1. The average molecular weight is 406 g/mol. The van der Waals surface area contributed by atoms with E-state index in [-0.39, 0.29) is 29.4 Å². The molecule has 10 atom stereocenters. The first kappa shape index (κ1) is 21.3. The molecular weight excluding hydrogens is 366 g/mol. The summed E-state index contributed by atoms with van der Waals surface area (Å²) in [7, 11) is 0. The fourth-order valence-corrected chi connectivity index (χ4v) is 8.87. The Hall–Kier alpha value is -0.970. The number of aliphatic hydroxyl groups is 1. The standard InChI is InChI=1S/C24H39NO4/c1-14(4-9-22(27)28)18-7-8-19-17-6-5-15-12-16(26)10-11-23(15,2)20(17)13-21(25-29)24(18,19)3/h14-21,26H,4-13H2,1-3H3,(H,27,28)/t14-,15-,16-,17+,18-,19+,20+,21?,23+,24-/m1/s1. The summed E-state index contributed by atoms with van der Waals surface area (Å²) < 4.78 is 0. The molecule has 4 aliphatic carbocycles. The van der Waals surface area contributed by atoms with Crippen LogP contribution in [-0.4, -0.2) is 28.3 Å². The fraction of sp³-hybridized carbons (Fsp3) is 0.958. The van der Waals surface area contributed by atoms with Gasteiger partial charge in [0.15, 0.2) is 0 Å². The summed E-state index contributed by atoms with van der Waals surface area (Å²) in [4.78, 5) is 23.2. The Kier molecular flexibility index (Phi) is 5.59. The molecule has 0 heterocycles. The van der Waals surface area contributed by atoms with Crippen molar-refractivity contribution >= 4 is 5.97 Å². The molecule has 0 bridgehead atoms. The van der Waals surface area contributed by atoms with Gasteiger partial charge in [0, 0.05) is 6.42 Å². The van der Waals surface area contributed by atoms with E-state index in [4.69, 9.17) is 5.11 Å². The minimum atomic E-state index is -0.726. The number of hydrogen-bond donors (Lipinski definition) is 2. The Bertz CT molecular complexity index is 653. The zero-order chi connectivity index (χ0) is 21.0. The lowest BCUT2D eigenvalue weighted by molar-refractivity contribution is -0.139. The van der Waals surface area contributed by atoms with E-state index in [0.717, 1.165) is 38.5 Å². The van der Waals surface area contributed by atoms with Crippen LogP contribution in [0.1, 0.15) is 85.0 Å². The number of nitrogens with zero attached hydrogens (tertiary/aromatic N) is 1. The lowest BCUT2D eigenvalue weighted by Crippen LogP contribution is -2.58. The van der Waals surface area contributed by atoms with Crippen molar-refractivity contribution in [3.8, 4) is 0 Å². The molecule has 4 fully saturated rings. The van der Waals surface area contributed by atoms with E-state index in [1.807, 2.05) is 0 Å². The monoisotopic (exact) mass is 405 g/mol. The number of hydrogen-bond acceptors (Lipinski definition) is 4. The lowest BCUT2D eigenvalue weighted by atomic mass is 9.43. The van der Waals surface area contributed by atoms with Crippen LogP contribution in [0.3, 0.4) is 0 Å². The molecule has 0 aliphatic heterocycles. The highest BCUT2D eigenvalue weighted by Gasteiger charge is 2.64. The summed E-state index contributed by atoms with van der Waals surface area (Å²) in [5.74, 6) is 2.30. The van der Waals surface area contributed by atoms with E-state index < -0.39 is 5.97 Å². The van der Waals surface area contributed by atoms with E-state index in [1.165, 1.54) is 12.8 Å². The third-order valence-electron chi connectivity index (χ3n) is 10.4. The van der Waals surface area contributed by atoms with Gasteiger partial charge in [-0.25, -0.2) is 0 Å². The van der Waals surface area contributed by atoms with E-state index in [2.05, 4.69) is 25.9 Å². The first-order valence-corrected chi connectivity index (χ1v) is 11.9. The highest BCUT2D eigenvalue weighted by Crippen LogP contribution is 2.68. The van der Waals surface area contributed by atoms with Crippen LogP contribution in [0.5, 0.6) is 0 Å². The SMILES string of the molecule is C[C@H](CCC(=O)O)[C@H]1CC[C@H]2[C@@H]3CC[C@@H]4C[C@H](O)CC[C@]4(C)[C@H]3CC(N=O)[C@]12C. The first-order valence-electron chi connectivity index (χ1n) is 11.9. The van der Waals surface area contributed by atoms with Gasteiger partial charge >= 0.3 is 5.97 Å². The third-order valence-corrected chi connectivity index (χ3v) is 10.4. The average Bonchev–Trinajstić information content (AvgIpc) is 3.04. The molecule has 0 saturated heterocycles. The van der Waals surface area contributed by atoms with Crippen molar-refractivity contribution in [2.45, 2.75) is 97.1 Å². The second-order valence-corrected chi connectivity index (χ2v) is 11.4. The molecule has 4 rings (SSSR count). The lowest BCUT2D eigenvalue weighted by Gasteiger charge is -2.62. The summed E-state index contributed by atoms with van der Waals surface area (Å²) >= 11 is 0. The molecule has 164 valence electrons. The molecule has 1 unspecified atom stereocenters. The van der Waals surface area contributed by atoms with E-state index in [0.29, 0.717) is 41.9 Å². The van der Waals surface area contributed by atoms with Crippen LogP contribution < -0.4 is 0 Å². The van der Waals surface area contributed by atoms with Crippen molar-refractivity contribution in [2.24, 2.45) is 51.5 Å². The van der Waals surface area contributed by atoms with E-state index >= 15 is 0 Å². The molecule has 0 amide bonds. The predicted octanol–water partition coefficient (Wildman–Crippen LogP) is 5.25. The Morgan fingerprint density at radius 1 is 1.10 bits per heavy atom. The van der Waals surface area contributed by atoms with Crippen molar-refractivity contribution in [1.29, 1.82) is 0 Å². The van der Waals surface area contributed by atoms with Crippen molar-refractivity contribution < 1.29 is 15.0 Å². The largest absolute Gasteiger partial charge is 0.481 e. The van der Waals surface area contributed by atoms with Crippen molar-refractivity contribution in [3.05, 3.63) is 4.91 Å². The van der Waals surface area contributed by atoms with Gasteiger partial charge in [0.1, 0.15) is 0 Å². The van der Waals surface area contributed by atoms with Crippen LogP contribution in [0.15, 0.2) is 5.18 Å². The fourth-order valence-electron chi connectivity index (χ4n) is 8.87. The van der Waals surface area contributed by atoms with E-state index in [1.54, 1.807) is 0 Å². The van der Waals surface area contributed by atoms with Gasteiger partial charge in [0.25, 0.3) is 0 Å². The maximum absolute atomic E-state index is 12.1. The van der Waals surface area contributed by atoms with Crippen molar-refractivity contribution in [2.75, 3.05) is 0 Å². The van der Waals surface area contributed by atoms with Crippen LogP contribution in [-0.2, 0) is 4.79 Å². The van der Waals surface area contributed by atoms with Crippen molar-refractivity contribution in [3.63, 3.8) is 0 Å². The Morgan fingerprint density at radius 2 is 1.86 bits per heavy atom. The number of carboxylic acids is 1. The molecule has 5 nitrogen and oxygen atoms in total. The van der Waals surface area contributed by atoms with Gasteiger partial charge in [-0.2, -0.15) is 4.91 Å². The smallest absolute Gasteiger partial charge is 0.303 e. The molecule has 0 aromatic heterocycles. The number of nitroso groups, excluding NO2 is 1. The normalized spacial score (nSPS) is 50.1. The maximum atomic E-state index is 12.1. The molecule has 2 N–H and O–H groups in total. The minimum Gasteiger partial charge on any atom is -0.481 e. The van der Waals surface area contributed by atoms with Gasteiger partial charge in [0.05, 0.1) is 12.1 Å². The third kappa shape index (κ3) is 3.26. The summed E-state index contributed by atoms with van der Waals surface area (Å²) in [6.07, 6.45) is 9.25. The molecule has 0 aromatic carbocycles. The zero-order valence-corrected chi connectivity index (χ0v) is 18.3. The topological polar surface area (TPSA) is 87.0 Å². The van der Waals surface area contributed by atoms with Crippen LogP contribution in [0.2, 0.25) is 0 Å². The van der Waals surface area contributed by atoms with Crippen LogP contribution >= 0.6 is 0 Å². The summed E-state index contributed by atoms with van der Waals surface area (Å²) in [6, 6.07) is -0.157. The minimum absolute atomic E-state index is 0.0851. The van der Waals surface area contributed by atoms with Gasteiger partial charge < -0.3 is 10.2 Å². The highest BCUT2D eigenvalue weighted by molar-refractivity contribution is 5.66. The van der Waals surface area contributed by atoms with Crippen LogP contribution in [0.4, 0.5) is 0 Å². The second-order valence-electron chi connectivity index (χ2n) is 11.4. The summed E-state index contributed by atoms with van der Waals surface area (Å²) in [5, 5.41) is 23.1. The second kappa shape index (κ2) is 7.62. The van der Waals surface area contributed by atoms with Crippen molar-refractivity contribution in [1.82, 2.24) is 0 Å². The highest BCUT2D eigenvalue weighted by atomic mass is 16.4. The zero-order valence-electron chi connectivity index (χ0n) is 18.3. The van der Waals surface area contributed by atoms with Gasteiger partial charge in [-0.05, 0) is 104 Å². The molecule has 0 radical (unpaired) electrons.